The molecule has 4 rings (SSSR count). The van der Waals surface area contributed by atoms with Crippen LogP contribution in [0.5, 0.6) is 5.75 Å². The van der Waals surface area contributed by atoms with Crippen molar-refractivity contribution in [2.75, 3.05) is 0 Å². The maximum absolute atomic E-state index is 9.77. The third kappa shape index (κ3) is 6.12. The summed E-state index contributed by atoms with van der Waals surface area (Å²) in [5.74, 6) is 6.49. The molecule has 0 spiro atoms. The highest BCUT2D eigenvalue weighted by Gasteiger charge is 2.55. The quantitative estimate of drug-likeness (QED) is 0.494. The second-order valence-electron chi connectivity index (χ2n) is 12.3. The van der Waals surface area contributed by atoms with Crippen LogP contribution in [0.1, 0.15) is 124 Å². The fourth-order valence-electron chi connectivity index (χ4n) is 6.70. The van der Waals surface area contributed by atoms with Crippen LogP contribution in [-0.2, 0) is 6.42 Å². The van der Waals surface area contributed by atoms with Gasteiger partial charge in [-0.25, -0.2) is 0 Å². The first-order chi connectivity index (χ1) is 15.1. The number of aromatic hydroxyl groups is 1. The molecule has 3 aliphatic carbocycles. The van der Waals surface area contributed by atoms with E-state index in [4.69, 9.17) is 0 Å². The maximum Gasteiger partial charge on any atom is 0.115 e. The second kappa shape index (κ2) is 11.9. The number of phenolic OH excluding ortho intramolecular Hbond substituents is 1. The Morgan fingerprint density at radius 2 is 1.53 bits per heavy atom. The van der Waals surface area contributed by atoms with Gasteiger partial charge in [0.2, 0.25) is 0 Å². The fourth-order valence-corrected chi connectivity index (χ4v) is 6.70. The van der Waals surface area contributed by atoms with Crippen molar-refractivity contribution in [1.82, 2.24) is 0 Å². The summed E-state index contributed by atoms with van der Waals surface area (Å²) in [7, 11) is 0. The molecule has 0 amide bonds. The van der Waals surface area contributed by atoms with Gasteiger partial charge in [0.25, 0.3) is 0 Å². The number of fused-ring (bicyclic) bond motifs is 5. The van der Waals surface area contributed by atoms with E-state index in [1.54, 1.807) is 5.56 Å². The van der Waals surface area contributed by atoms with Gasteiger partial charge in [-0.1, -0.05) is 81.2 Å². The zero-order chi connectivity index (χ0) is 24.1. The Balaban J connectivity index is 0.000000308. The Hall–Kier alpha value is -0.980. The molecule has 0 radical (unpaired) electrons. The van der Waals surface area contributed by atoms with Gasteiger partial charge in [-0.3, -0.25) is 0 Å². The van der Waals surface area contributed by atoms with Crippen LogP contribution < -0.4 is 0 Å². The third-order valence-electron chi connectivity index (χ3n) is 9.42. The minimum atomic E-state index is 0.443. The first-order valence-corrected chi connectivity index (χ1v) is 13.9. The number of rotatable bonds is 3. The summed E-state index contributed by atoms with van der Waals surface area (Å²) in [4.78, 5) is 0. The van der Waals surface area contributed by atoms with E-state index in [2.05, 4.69) is 68.4 Å². The van der Waals surface area contributed by atoms with Crippen LogP contribution in [0.15, 0.2) is 18.2 Å². The molecule has 1 heteroatoms. The van der Waals surface area contributed by atoms with Crippen molar-refractivity contribution in [3.05, 3.63) is 29.3 Å². The lowest BCUT2D eigenvalue weighted by Crippen LogP contribution is -2.43. The van der Waals surface area contributed by atoms with Gasteiger partial charge in [-0.05, 0) is 109 Å². The molecule has 5 atom stereocenters. The van der Waals surface area contributed by atoms with Crippen LogP contribution in [0.3, 0.4) is 0 Å². The molecule has 1 aromatic rings. The van der Waals surface area contributed by atoms with E-state index in [0.29, 0.717) is 11.2 Å². The summed E-state index contributed by atoms with van der Waals surface area (Å²) in [5, 5.41) is 9.77. The number of benzene rings is 1. The van der Waals surface area contributed by atoms with E-state index >= 15 is 0 Å². The number of unbranched alkanes of at least 4 members (excludes halogenated alkanes) is 1. The van der Waals surface area contributed by atoms with Gasteiger partial charge in [0, 0.05) is 0 Å². The molecule has 3 aliphatic rings. The summed E-state index contributed by atoms with van der Waals surface area (Å²) in [6, 6.07) is 6.14. The van der Waals surface area contributed by atoms with Crippen molar-refractivity contribution in [1.29, 1.82) is 0 Å². The summed E-state index contributed by atoms with van der Waals surface area (Å²) in [6.07, 6.45) is 10.8. The summed E-state index contributed by atoms with van der Waals surface area (Å²) in [5.41, 5.74) is 3.57. The van der Waals surface area contributed by atoms with E-state index in [1.807, 2.05) is 12.1 Å². The SMILES string of the molecule is CC(C)C(C)C.CC(C)C1CCC2C3CCc4cc(O)ccc4C3CCC12C.CCCC. The standard InChI is InChI=1S/C21H30O.C6H14.C4H10/c1-13(2)19-8-9-20-18-6-4-14-12-15(22)5-7-16(14)17(18)10-11-21(19,20)3;1-5(2)6(3)4;1-3-4-2/h5,7,12-13,17-20,22H,4,6,8-11H2,1-3H3;5-6H,1-4H3;3-4H2,1-2H3. The first-order valence-electron chi connectivity index (χ1n) is 13.9. The molecule has 0 heterocycles. The predicted octanol–water partition coefficient (Wildman–Crippen LogP) is 9.63. The van der Waals surface area contributed by atoms with E-state index in [1.165, 1.54) is 56.9 Å². The number of hydrogen-bond donors (Lipinski definition) is 1. The van der Waals surface area contributed by atoms with Gasteiger partial charge in [0.05, 0.1) is 0 Å². The molecule has 1 nitrogen and oxygen atoms in total. The Kier molecular flexibility index (Phi) is 10.2. The molecule has 32 heavy (non-hydrogen) atoms. The normalized spacial score (nSPS) is 30.6. The molecule has 2 fully saturated rings. The Morgan fingerprint density at radius 3 is 2.06 bits per heavy atom. The molecule has 0 bridgehead atoms. The highest BCUT2D eigenvalue weighted by atomic mass is 16.3. The molecule has 184 valence electrons. The van der Waals surface area contributed by atoms with Gasteiger partial charge in [-0.2, -0.15) is 0 Å². The number of aryl methyl sites for hydroxylation is 1. The third-order valence-corrected chi connectivity index (χ3v) is 9.42. The van der Waals surface area contributed by atoms with Crippen LogP contribution in [-0.4, -0.2) is 5.11 Å². The van der Waals surface area contributed by atoms with Crippen molar-refractivity contribution >= 4 is 0 Å². The van der Waals surface area contributed by atoms with Crippen molar-refractivity contribution in [2.24, 2.45) is 40.9 Å². The molecule has 1 N–H and O–H groups in total. The minimum Gasteiger partial charge on any atom is -0.508 e. The average Bonchev–Trinajstić information content (AvgIpc) is 3.11. The first kappa shape index (κ1) is 27.3. The summed E-state index contributed by atoms with van der Waals surface area (Å²) >= 11 is 0. The average molecular weight is 443 g/mol. The molecule has 1 aromatic carbocycles. The maximum atomic E-state index is 9.77. The Morgan fingerprint density at radius 1 is 0.906 bits per heavy atom. The van der Waals surface area contributed by atoms with Crippen LogP contribution in [0.25, 0.3) is 0 Å². The lowest BCUT2D eigenvalue weighted by Gasteiger charge is -2.51. The largest absolute Gasteiger partial charge is 0.508 e. The zero-order valence-electron chi connectivity index (χ0n) is 22.9. The molecule has 5 unspecified atom stereocenters. The molecular weight excluding hydrogens is 388 g/mol. The summed E-state index contributed by atoms with van der Waals surface area (Å²) in [6.45, 7) is 20.8. The van der Waals surface area contributed by atoms with E-state index in [-0.39, 0.29) is 0 Å². The van der Waals surface area contributed by atoms with Gasteiger partial charge in [-0.15, -0.1) is 0 Å². The van der Waals surface area contributed by atoms with Crippen LogP contribution >= 0.6 is 0 Å². The molecule has 0 aromatic heterocycles. The van der Waals surface area contributed by atoms with Crippen LogP contribution in [0.4, 0.5) is 0 Å². The molecule has 0 aliphatic heterocycles. The number of phenols is 1. The fraction of sp³-hybridized carbons (Fsp3) is 0.806. The topological polar surface area (TPSA) is 20.2 Å². The second-order valence-corrected chi connectivity index (χ2v) is 12.3. The monoisotopic (exact) mass is 442 g/mol. The van der Waals surface area contributed by atoms with Crippen LogP contribution in [0.2, 0.25) is 0 Å². The van der Waals surface area contributed by atoms with Crippen LogP contribution in [0, 0.1) is 40.9 Å². The van der Waals surface area contributed by atoms with Crippen molar-refractivity contribution in [2.45, 2.75) is 120 Å². The van der Waals surface area contributed by atoms with Crippen molar-refractivity contribution in [3.63, 3.8) is 0 Å². The minimum absolute atomic E-state index is 0.443. The van der Waals surface area contributed by atoms with Crippen molar-refractivity contribution < 1.29 is 5.11 Å². The van der Waals surface area contributed by atoms with Gasteiger partial charge in [0.15, 0.2) is 0 Å². The predicted molar refractivity (Wildman–Crippen MR) is 141 cm³/mol. The zero-order valence-corrected chi connectivity index (χ0v) is 22.9. The van der Waals surface area contributed by atoms with E-state index in [0.717, 1.165) is 41.4 Å². The Bertz CT molecular complexity index is 680. The van der Waals surface area contributed by atoms with Crippen molar-refractivity contribution in [3.8, 4) is 5.75 Å². The summed E-state index contributed by atoms with van der Waals surface area (Å²) < 4.78 is 0. The van der Waals surface area contributed by atoms with Gasteiger partial charge >= 0.3 is 0 Å². The molecule has 2 saturated carbocycles. The van der Waals surface area contributed by atoms with Gasteiger partial charge in [0.1, 0.15) is 5.75 Å². The lowest BCUT2D eigenvalue weighted by molar-refractivity contribution is 0.0141. The Labute approximate surface area is 200 Å². The van der Waals surface area contributed by atoms with E-state index < -0.39 is 0 Å². The highest BCUT2D eigenvalue weighted by molar-refractivity contribution is 5.40. The highest BCUT2D eigenvalue weighted by Crippen LogP contribution is 2.64. The van der Waals surface area contributed by atoms with Gasteiger partial charge < -0.3 is 5.11 Å². The smallest absolute Gasteiger partial charge is 0.115 e. The number of hydrogen-bond acceptors (Lipinski definition) is 1. The molecule has 0 saturated heterocycles. The lowest BCUT2D eigenvalue weighted by atomic mass is 9.53. The molecular formula is C31H54O. The van der Waals surface area contributed by atoms with E-state index in [9.17, 15) is 5.11 Å².